The van der Waals surface area contributed by atoms with Crippen LogP contribution in [0, 0.1) is 5.92 Å². The van der Waals surface area contributed by atoms with E-state index < -0.39 is 0 Å². The minimum absolute atomic E-state index is 0.307. The second-order valence-corrected chi connectivity index (χ2v) is 7.80. The van der Waals surface area contributed by atoms with Crippen LogP contribution in [0.3, 0.4) is 0 Å². The van der Waals surface area contributed by atoms with Crippen molar-refractivity contribution >= 4 is 29.3 Å². The van der Waals surface area contributed by atoms with E-state index in [0.717, 1.165) is 19.3 Å². The van der Waals surface area contributed by atoms with Gasteiger partial charge in [0.25, 0.3) is 0 Å². The van der Waals surface area contributed by atoms with Gasteiger partial charge in [-0.2, -0.15) is 11.8 Å². The van der Waals surface area contributed by atoms with Gasteiger partial charge in [0, 0.05) is 22.7 Å². The summed E-state index contributed by atoms with van der Waals surface area (Å²) in [5, 5.41) is 0.895. The van der Waals surface area contributed by atoms with Crippen LogP contribution in [0.1, 0.15) is 51.9 Å². The van der Waals surface area contributed by atoms with Crippen LogP contribution in [0.25, 0.3) is 0 Å². The van der Waals surface area contributed by atoms with Gasteiger partial charge in [-0.1, -0.05) is 32.6 Å². The van der Waals surface area contributed by atoms with Crippen LogP contribution in [0.4, 0.5) is 0 Å². The molecule has 2 aliphatic rings. The molecule has 1 aliphatic carbocycles. The van der Waals surface area contributed by atoms with Crippen molar-refractivity contribution in [1.82, 2.24) is 0 Å². The third kappa shape index (κ3) is 3.66. The number of thioether (sulfide) groups is 2. The Morgan fingerprint density at radius 2 is 1.71 bits per heavy atom. The van der Waals surface area contributed by atoms with E-state index in [9.17, 15) is 4.79 Å². The lowest BCUT2D eigenvalue weighted by molar-refractivity contribution is -0.122. The van der Waals surface area contributed by atoms with Crippen LogP contribution < -0.4 is 0 Å². The highest BCUT2D eigenvalue weighted by molar-refractivity contribution is 8.07. The van der Waals surface area contributed by atoms with Crippen molar-refractivity contribution in [3.8, 4) is 0 Å². The number of carbonyl (C=O) groups is 1. The Labute approximate surface area is 114 Å². The van der Waals surface area contributed by atoms with E-state index >= 15 is 0 Å². The van der Waals surface area contributed by atoms with E-state index in [-0.39, 0.29) is 0 Å². The molecule has 98 valence electrons. The molecule has 2 unspecified atom stereocenters. The van der Waals surface area contributed by atoms with E-state index in [1.165, 1.54) is 37.2 Å². The highest BCUT2D eigenvalue weighted by atomic mass is 32.2. The van der Waals surface area contributed by atoms with E-state index in [1.54, 1.807) is 0 Å². The molecule has 17 heavy (non-hydrogen) atoms. The predicted molar refractivity (Wildman–Crippen MR) is 79.0 cm³/mol. The number of rotatable bonds is 3. The number of carbonyl (C=O) groups excluding carboxylic acids is 1. The van der Waals surface area contributed by atoms with Crippen molar-refractivity contribution in [2.75, 3.05) is 11.5 Å². The van der Waals surface area contributed by atoms with Gasteiger partial charge >= 0.3 is 0 Å². The minimum Gasteiger partial charge on any atom is -0.298 e. The van der Waals surface area contributed by atoms with Gasteiger partial charge < -0.3 is 0 Å². The van der Waals surface area contributed by atoms with E-state index in [0.29, 0.717) is 22.2 Å². The van der Waals surface area contributed by atoms with Crippen molar-refractivity contribution in [3.63, 3.8) is 0 Å². The second kappa shape index (κ2) is 7.08. The van der Waals surface area contributed by atoms with Crippen molar-refractivity contribution in [3.05, 3.63) is 0 Å². The number of hydrogen-bond donors (Lipinski definition) is 0. The summed E-state index contributed by atoms with van der Waals surface area (Å²) in [5.41, 5.74) is 0. The quantitative estimate of drug-likeness (QED) is 0.718. The molecule has 1 aliphatic heterocycles. The molecule has 0 aromatic carbocycles. The zero-order valence-electron chi connectivity index (χ0n) is 10.8. The maximum Gasteiger partial charge on any atom is 0.150 e. The van der Waals surface area contributed by atoms with Crippen LogP contribution in [-0.4, -0.2) is 27.8 Å². The summed E-state index contributed by atoms with van der Waals surface area (Å²) >= 11 is 3.96. The summed E-state index contributed by atoms with van der Waals surface area (Å²) in [6.45, 7) is 2.23. The smallest absolute Gasteiger partial charge is 0.150 e. The largest absolute Gasteiger partial charge is 0.298 e. The van der Waals surface area contributed by atoms with Gasteiger partial charge in [0.1, 0.15) is 5.78 Å². The van der Waals surface area contributed by atoms with Gasteiger partial charge in [-0.25, -0.2) is 0 Å². The highest BCUT2D eigenvalue weighted by Crippen LogP contribution is 2.37. The van der Waals surface area contributed by atoms with Crippen molar-refractivity contribution in [1.29, 1.82) is 0 Å². The molecular weight excluding hydrogens is 248 g/mol. The van der Waals surface area contributed by atoms with Crippen LogP contribution in [-0.2, 0) is 4.79 Å². The zero-order valence-corrected chi connectivity index (χ0v) is 12.5. The van der Waals surface area contributed by atoms with Gasteiger partial charge in [-0.05, 0) is 19.3 Å². The molecule has 1 nitrogen and oxygen atoms in total. The summed E-state index contributed by atoms with van der Waals surface area (Å²) in [6.07, 6.45) is 8.71. The van der Waals surface area contributed by atoms with Crippen LogP contribution in [0.2, 0.25) is 0 Å². The molecule has 0 radical (unpaired) electrons. The van der Waals surface area contributed by atoms with Gasteiger partial charge in [0.15, 0.2) is 0 Å². The molecule has 0 aromatic rings. The molecule has 0 spiro atoms. The Hall–Kier alpha value is 0.370. The van der Waals surface area contributed by atoms with Crippen LogP contribution in [0.15, 0.2) is 0 Å². The van der Waals surface area contributed by atoms with Crippen LogP contribution in [0.5, 0.6) is 0 Å². The lowest BCUT2D eigenvalue weighted by Gasteiger charge is -2.31. The topological polar surface area (TPSA) is 17.1 Å². The summed E-state index contributed by atoms with van der Waals surface area (Å²) in [6, 6.07) is 0. The summed E-state index contributed by atoms with van der Waals surface area (Å²) < 4.78 is 0. The van der Waals surface area contributed by atoms with Gasteiger partial charge in [-0.3, -0.25) is 4.79 Å². The Morgan fingerprint density at radius 3 is 2.35 bits per heavy atom. The highest BCUT2D eigenvalue weighted by Gasteiger charge is 2.34. The van der Waals surface area contributed by atoms with Gasteiger partial charge in [0.05, 0.1) is 5.25 Å². The summed E-state index contributed by atoms with van der Waals surface area (Å²) in [7, 11) is 0. The Bertz CT molecular complexity index is 247. The standard InChI is InChI=1S/C14H24OS2/c1-2-12-14(17-10-9-16-12)13(15)11-7-5-3-4-6-8-11/h11-12,14H,2-10H2,1H3. The van der Waals surface area contributed by atoms with Crippen molar-refractivity contribution < 1.29 is 4.79 Å². The normalized spacial score (nSPS) is 32.1. The first-order valence-corrected chi connectivity index (χ1v) is 9.19. The minimum atomic E-state index is 0.307. The van der Waals surface area contributed by atoms with Gasteiger partial charge in [0.2, 0.25) is 0 Å². The fraction of sp³-hybridized carbons (Fsp3) is 0.929. The second-order valence-electron chi connectivity index (χ2n) is 5.20. The maximum atomic E-state index is 12.6. The molecule has 0 N–H and O–H groups in total. The first-order valence-electron chi connectivity index (χ1n) is 7.10. The maximum absolute atomic E-state index is 12.6. The molecular formula is C14H24OS2. The van der Waals surface area contributed by atoms with Crippen LogP contribution >= 0.6 is 23.5 Å². The molecule has 0 amide bonds. The average molecular weight is 272 g/mol. The Kier molecular flexibility index (Phi) is 5.75. The number of Topliss-reactive ketones (excluding diaryl/α,β-unsaturated/α-hetero) is 1. The first-order chi connectivity index (χ1) is 8.33. The van der Waals surface area contributed by atoms with E-state index in [4.69, 9.17) is 0 Å². The molecule has 1 saturated carbocycles. The van der Waals surface area contributed by atoms with Gasteiger partial charge in [-0.15, -0.1) is 11.8 Å². The average Bonchev–Trinajstić information content (AvgIpc) is 2.66. The monoisotopic (exact) mass is 272 g/mol. The molecule has 2 rings (SSSR count). The molecule has 3 heteroatoms. The fourth-order valence-electron chi connectivity index (χ4n) is 2.96. The molecule has 2 fully saturated rings. The summed E-state index contributed by atoms with van der Waals surface area (Å²) in [5.74, 6) is 3.39. The molecule has 2 atom stereocenters. The van der Waals surface area contributed by atoms with Crippen molar-refractivity contribution in [2.45, 2.75) is 62.4 Å². The van der Waals surface area contributed by atoms with E-state index in [2.05, 4.69) is 6.92 Å². The zero-order chi connectivity index (χ0) is 12.1. The molecule has 1 saturated heterocycles. The molecule has 0 bridgehead atoms. The molecule has 0 aromatic heterocycles. The number of ketones is 1. The predicted octanol–water partition coefficient (Wildman–Crippen LogP) is 4.15. The van der Waals surface area contributed by atoms with E-state index in [1.807, 2.05) is 23.5 Å². The van der Waals surface area contributed by atoms with Crippen molar-refractivity contribution in [2.24, 2.45) is 5.92 Å². The first kappa shape index (κ1) is 13.8. The third-order valence-electron chi connectivity index (χ3n) is 3.99. The lowest BCUT2D eigenvalue weighted by Crippen LogP contribution is -2.36. The summed E-state index contributed by atoms with van der Waals surface area (Å²) in [4.78, 5) is 12.6. The Balaban J connectivity index is 1.96. The number of hydrogen-bond acceptors (Lipinski definition) is 3. The Morgan fingerprint density at radius 1 is 1.06 bits per heavy atom. The SMILES string of the molecule is CCC1SCCSC1C(=O)C1CCCCCC1. The lowest BCUT2D eigenvalue weighted by atomic mass is 9.92. The molecule has 1 heterocycles. The fourth-order valence-corrected chi connectivity index (χ4v) is 6.07. The third-order valence-corrected chi connectivity index (χ3v) is 7.25.